The fraction of sp³-hybridized carbons (Fsp3) is 0.444. The van der Waals surface area contributed by atoms with E-state index >= 15 is 0 Å². The molecule has 0 saturated heterocycles. The van der Waals surface area contributed by atoms with E-state index in [4.69, 9.17) is 0 Å². The zero-order chi connectivity index (χ0) is 10.5. The molecule has 0 amide bonds. The lowest BCUT2D eigenvalue weighted by Gasteiger charge is -2.03. The lowest BCUT2D eigenvalue weighted by atomic mass is 10.3. The summed E-state index contributed by atoms with van der Waals surface area (Å²) in [5.74, 6) is 0. The van der Waals surface area contributed by atoms with Gasteiger partial charge in [-0.1, -0.05) is 5.21 Å². The quantitative estimate of drug-likeness (QED) is 0.681. The Kier molecular flexibility index (Phi) is 3.08. The van der Waals surface area contributed by atoms with Gasteiger partial charge in [-0.25, -0.2) is 4.98 Å². The van der Waals surface area contributed by atoms with E-state index in [1.165, 1.54) is 0 Å². The molecule has 2 N–H and O–H groups in total. The monoisotopic (exact) mass is 206 g/mol. The second-order valence-corrected chi connectivity index (χ2v) is 3.32. The summed E-state index contributed by atoms with van der Waals surface area (Å²) in [4.78, 5) is 7.24. The number of aromatic amines is 1. The zero-order valence-corrected chi connectivity index (χ0v) is 8.64. The van der Waals surface area contributed by atoms with E-state index in [1.54, 1.807) is 17.2 Å². The first-order valence-corrected chi connectivity index (χ1v) is 4.90. The van der Waals surface area contributed by atoms with Crippen molar-refractivity contribution in [3.05, 3.63) is 30.1 Å². The molecule has 0 unspecified atom stereocenters. The first-order valence-electron chi connectivity index (χ1n) is 4.90. The molecule has 0 atom stereocenters. The van der Waals surface area contributed by atoms with Gasteiger partial charge in [0.2, 0.25) is 0 Å². The molecule has 2 aromatic rings. The summed E-state index contributed by atoms with van der Waals surface area (Å²) in [6.07, 6.45) is 5.24. The highest BCUT2D eigenvalue weighted by atomic mass is 15.4. The Morgan fingerprint density at radius 1 is 1.53 bits per heavy atom. The van der Waals surface area contributed by atoms with Crippen LogP contribution in [-0.4, -0.2) is 31.5 Å². The summed E-state index contributed by atoms with van der Waals surface area (Å²) < 4.78 is 1.80. The predicted molar refractivity (Wildman–Crippen MR) is 55.1 cm³/mol. The van der Waals surface area contributed by atoms with Crippen LogP contribution in [0.3, 0.4) is 0 Å². The first kappa shape index (κ1) is 9.85. The Balaban J connectivity index is 1.70. The van der Waals surface area contributed by atoms with Gasteiger partial charge in [0, 0.05) is 25.0 Å². The molecule has 0 radical (unpaired) electrons. The number of hydrogen-bond donors (Lipinski definition) is 2. The van der Waals surface area contributed by atoms with Crippen molar-refractivity contribution in [3.8, 4) is 0 Å². The van der Waals surface area contributed by atoms with Crippen LogP contribution in [0, 0.1) is 6.92 Å². The van der Waals surface area contributed by atoms with Gasteiger partial charge < -0.3 is 10.3 Å². The van der Waals surface area contributed by atoms with E-state index < -0.39 is 0 Å². The first-order chi connectivity index (χ1) is 7.36. The maximum absolute atomic E-state index is 4.20. The van der Waals surface area contributed by atoms with Gasteiger partial charge in [0.25, 0.3) is 0 Å². The normalized spacial score (nSPS) is 10.7. The molecule has 0 aliphatic rings. The maximum Gasteiger partial charge on any atom is 0.0925 e. The van der Waals surface area contributed by atoms with Crippen molar-refractivity contribution >= 4 is 0 Å². The van der Waals surface area contributed by atoms with Crippen LogP contribution in [0.1, 0.15) is 11.4 Å². The Bertz CT molecular complexity index is 390. The van der Waals surface area contributed by atoms with Crippen molar-refractivity contribution in [2.24, 2.45) is 0 Å². The third-order valence-corrected chi connectivity index (χ3v) is 2.22. The lowest BCUT2D eigenvalue weighted by molar-refractivity contribution is 0.537. The number of aryl methyl sites for hydroxylation is 1. The SMILES string of the molecule is Cc1[nH]cnc1CNCCn1ccnn1. The molecule has 6 nitrogen and oxygen atoms in total. The highest BCUT2D eigenvalue weighted by Crippen LogP contribution is 1.98. The van der Waals surface area contributed by atoms with E-state index in [0.29, 0.717) is 0 Å². The summed E-state index contributed by atoms with van der Waals surface area (Å²) in [5, 5.41) is 10.9. The molecule has 0 aliphatic heterocycles. The van der Waals surface area contributed by atoms with E-state index in [-0.39, 0.29) is 0 Å². The van der Waals surface area contributed by atoms with Crippen LogP contribution in [0.2, 0.25) is 0 Å². The minimum Gasteiger partial charge on any atom is -0.348 e. The summed E-state index contributed by atoms with van der Waals surface area (Å²) in [6, 6.07) is 0. The molecular weight excluding hydrogens is 192 g/mol. The third-order valence-electron chi connectivity index (χ3n) is 2.22. The van der Waals surface area contributed by atoms with E-state index in [9.17, 15) is 0 Å². The topological polar surface area (TPSA) is 71.4 Å². The third kappa shape index (κ3) is 2.63. The fourth-order valence-corrected chi connectivity index (χ4v) is 1.32. The minimum absolute atomic E-state index is 0.782. The maximum atomic E-state index is 4.20. The second kappa shape index (κ2) is 4.70. The number of hydrogen-bond acceptors (Lipinski definition) is 4. The molecule has 0 bridgehead atoms. The van der Waals surface area contributed by atoms with Crippen LogP contribution in [-0.2, 0) is 13.1 Å². The van der Waals surface area contributed by atoms with Gasteiger partial charge >= 0.3 is 0 Å². The molecule has 0 aromatic carbocycles. The van der Waals surface area contributed by atoms with Crippen molar-refractivity contribution < 1.29 is 0 Å². The minimum atomic E-state index is 0.782. The van der Waals surface area contributed by atoms with Crippen LogP contribution in [0.5, 0.6) is 0 Å². The van der Waals surface area contributed by atoms with Crippen LogP contribution in [0.25, 0.3) is 0 Å². The number of aromatic nitrogens is 5. The summed E-state index contributed by atoms with van der Waals surface area (Å²) in [6.45, 7) is 4.48. The number of nitrogens with zero attached hydrogens (tertiary/aromatic N) is 4. The van der Waals surface area contributed by atoms with Gasteiger partial charge in [-0.3, -0.25) is 4.68 Å². The highest BCUT2D eigenvalue weighted by Gasteiger charge is 1.99. The van der Waals surface area contributed by atoms with Crippen molar-refractivity contribution in [1.29, 1.82) is 0 Å². The molecular formula is C9H14N6. The van der Waals surface area contributed by atoms with Crippen molar-refractivity contribution in [3.63, 3.8) is 0 Å². The van der Waals surface area contributed by atoms with E-state index in [1.807, 2.05) is 13.1 Å². The average molecular weight is 206 g/mol. The Hall–Kier alpha value is -1.69. The Labute approximate surface area is 87.7 Å². The molecule has 80 valence electrons. The van der Waals surface area contributed by atoms with Crippen LogP contribution in [0.4, 0.5) is 0 Å². The number of nitrogens with one attached hydrogen (secondary N) is 2. The smallest absolute Gasteiger partial charge is 0.0925 e. The average Bonchev–Trinajstić information content (AvgIpc) is 2.85. The van der Waals surface area contributed by atoms with Crippen molar-refractivity contribution in [2.45, 2.75) is 20.0 Å². The summed E-state index contributed by atoms with van der Waals surface area (Å²) in [5.41, 5.74) is 2.18. The van der Waals surface area contributed by atoms with Crippen LogP contribution >= 0.6 is 0 Å². The number of H-pyrrole nitrogens is 1. The second-order valence-electron chi connectivity index (χ2n) is 3.32. The number of imidazole rings is 1. The van der Waals surface area contributed by atoms with Crippen molar-refractivity contribution in [1.82, 2.24) is 30.3 Å². The van der Waals surface area contributed by atoms with E-state index in [2.05, 4.69) is 25.6 Å². The zero-order valence-electron chi connectivity index (χ0n) is 8.64. The fourth-order valence-electron chi connectivity index (χ4n) is 1.32. The summed E-state index contributed by atoms with van der Waals surface area (Å²) >= 11 is 0. The van der Waals surface area contributed by atoms with Crippen LogP contribution in [0.15, 0.2) is 18.7 Å². The molecule has 0 aliphatic carbocycles. The number of rotatable bonds is 5. The van der Waals surface area contributed by atoms with Gasteiger partial charge in [-0.05, 0) is 6.92 Å². The molecule has 2 rings (SSSR count). The molecule has 0 fully saturated rings. The van der Waals surface area contributed by atoms with Gasteiger partial charge in [0.1, 0.15) is 0 Å². The predicted octanol–water partition coefficient (Wildman–Crippen LogP) is 0.0994. The van der Waals surface area contributed by atoms with Gasteiger partial charge in [0.05, 0.1) is 24.8 Å². The highest BCUT2D eigenvalue weighted by molar-refractivity contribution is 5.07. The molecule has 2 heterocycles. The van der Waals surface area contributed by atoms with Gasteiger partial charge in [-0.2, -0.15) is 0 Å². The van der Waals surface area contributed by atoms with Gasteiger partial charge in [-0.15, -0.1) is 5.10 Å². The molecule has 0 spiro atoms. The molecule has 2 aromatic heterocycles. The van der Waals surface area contributed by atoms with Crippen LogP contribution < -0.4 is 5.32 Å². The molecule has 0 saturated carbocycles. The Morgan fingerprint density at radius 3 is 3.13 bits per heavy atom. The van der Waals surface area contributed by atoms with Crippen molar-refractivity contribution in [2.75, 3.05) is 6.54 Å². The molecule has 15 heavy (non-hydrogen) atoms. The lowest BCUT2D eigenvalue weighted by Crippen LogP contribution is -2.20. The van der Waals surface area contributed by atoms with Gasteiger partial charge in [0.15, 0.2) is 0 Å². The Morgan fingerprint density at radius 2 is 2.47 bits per heavy atom. The summed E-state index contributed by atoms with van der Waals surface area (Å²) in [7, 11) is 0. The molecule has 6 heteroatoms. The largest absolute Gasteiger partial charge is 0.348 e. The standard InChI is InChI=1S/C9H14N6/c1-8-9(12-7-11-8)6-10-2-4-15-5-3-13-14-15/h3,5,7,10H,2,4,6H2,1H3,(H,11,12). The van der Waals surface area contributed by atoms with E-state index in [0.717, 1.165) is 31.0 Å².